The van der Waals surface area contributed by atoms with Gasteiger partial charge in [-0.1, -0.05) is 30.3 Å². The van der Waals surface area contributed by atoms with E-state index >= 15 is 0 Å². The summed E-state index contributed by atoms with van der Waals surface area (Å²) in [5, 5.41) is 2.37. The van der Waals surface area contributed by atoms with E-state index in [1.54, 1.807) is 25.2 Å². The number of carbonyl (C=O) groups excluding carboxylic acids is 4. The molecule has 2 aliphatic rings. The van der Waals surface area contributed by atoms with E-state index in [9.17, 15) is 19.2 Å². The lowest BCUT2D eigenvalue weighted by molar-refractivity contribution is -0.137. The number of piperidine rings is 1. The van der Waals surface area contributed by atoms with E-state index in [2.05, 4.69) is 22.3 Å². The Morgan fingerprint density at radius 1 is 1.08 bits per heavy atom. The van der Waals surface area contributed by atoms with Gasteiger partial charge in [-0.3, -0.25) is 29.4 Å². The summed E-state index contributed by atoms with van der Waals surface area (Å²) in [5.74, 6) is 0.0935. The molecule has 0 radical (unpaired) electrons. The molecule has 2 aromatic rings. The van der Waals surface area contributed by atoms with Gasteiger partial charge in [-0.2, -0.15) is 0 Å². The SMILES string of the molecule is CN(Cc1c(C=O)cccc1OCCCC(=O)N1CCN(c2ccccc2)CC1)C1CCC(=O)NC1=O. The molecule has 1 N–H and O–H groups in total. The minimum atomic E-state index is -0.453. The number of nitrogens with zero attached hydrogens (tertiary/aromatic N) is 3. The second kappa shape index (κ2) is 12.5. The summed E-state index contributed by atoms with van der Waals surface area (Å²) < 4.78 is 6.01. The van der Waals surface area contributed by atoms with Gasteiger partial charge >= 0.3 is 0 Å². The molecule has 2 heterocycles. The van der Waals surface area contributed by atoms with E-state index in [4.69, 9.17) is 4.74 Å². The van der Waals surface area contributed by atoms with Gasteiger partial charge in [0.15, 0.2) is 6.29 Å². The lowest BCUT2D eigenvalue weighted by Crippen LogP contribution is -2.51. The van der Waals surface area contributed by atoms with Crippen LogP contribution in [0.4, 0.5) is 5.69 Å². The normalized spacial score (nSPS) is 18.1. The molecule has 2 fully saturated rings. The number of likely N-dealkylation sites (N-methyl/N-ethyl adjacent to an activating group) is 1. The van der Waals surface area contributed by atoms with E-state index < -0.39 is 6.04 Å². The van der Waals surface area contributed by atoms with E-state index in [-0.39, 0.29) is 24.1 Å². The third kappa shape index (κ3) is 6.74. The molecule has 0 bridgehead atoms. The monoisotopic (exact) mass is 506 g/mol. The average molecular weight is 507 g/mol. The van der Waals surface area contributed by atoms with Crippen LogP contribution in [0, 0.1) is 0 Å². The molecular formula is C28H34N4O5. The zero-order chi connectivity index (χ0) is 26.2. The largest absolute Gasteiger partial charge is 0.493 e. The Morgan fingerprint density at radius 3 is 2.54 bits per heavy atom. The van der Waals surface area contributed by atoms with E-state index in [1.165, 1.54) is 5.69 Å². The van der Waals surface area contributed by atoms with E-state index in [0.29, 0.717) is 62.4 Å². The fourth-order valence-electron chi connectivity index (χ4n) is 4.88. The summed E-state index contributed by atoms with van der Waals surface area (Å²) in [6.45, 7) is 3.69. The van der Waals surface area contributed by atoms with Crippen LogP contribution in [0.3, 0.4) is 0 Å². The Morgan fingerprint density at radius 2 is 1.84 bits per heavy atom. The predicted molar refractivity (Wildman–Crippen MR) is 139 cm³/mol. The highest BCUT2D eigenvalue weighted by Crippen LogP contribution is 2.25. The molecule has 196 valence electrons. The highest BCUT2D eigenvalue weighted by atomic mass is 16.5. The van der Waals surface area contributed by atoms with Crippen molar-refractivity contribution < 1.29 is 23.9 Å². The van der Waals surface area contributed by atoms with Crippen LogP contribution in [0.1, 0.15) is 41.6 Å². The third-order valence-electron chi connectivity index (χ3n) is 6.99. The minimum Gasteiger partial charge on any atom is -0.493 e. The number of hydrogen-bond acceptors (Lipinski definition) is 7. The molecule has 2 aliphatic heterocycles. The summed E-state index contributed by atoms with van der Waals surface area (Å²) in [6, 6.07) is 15.0. The molecule has 0 saturated carbocycles. The van der Waals surface area contributed by atoms with Crippen molar-refractivity contribution in [2.45, 2.75) is 38.3 Å². The average Bonchev–Trinajstić information content (AvgIpc) is 2.92. The van der Waals surface area contributed by atoms with E-state index in [1.807, 2.05) is 28.0 Å². The molecule has 1 unspecified atom stereocenters. The van der Waals surface area contributed by atoms with Crippen molar-refractivity contribution in [2.75, 3.05) is 44.7 Å². The summed E-state index contributed by atoms with van der Waals surface area (Å²) in [5.41, 5.74) is 2.36. The smallest absolute Gasteiger partial charge is 0.243 e. The van der Waals surface area contributed by atoms with Crippen molar-refractivity contribution in [3.05, 3.63) is 59.7 Å². The molecule has 0 aliphatic carbocycles. The van der Waals surface area contributed by atoms with Gasteiger partial charge in [-0.05, 0) is 38.1 Å². The molecular weight excluding hydrogens is 472 g/mol. The maximum absolute atomic E-state index is 12.7. The second-order valence-electron chi connectivity index (χ2n) is 9.48. The van der Waals surface area contributed by atoms with Gasteiger partial charge < -0.3 is 14.5 Å². The van der Waals surface area contributed by atoms with Crippen LogP contribution in [0.15, 0.2) is 48.5 Å². The number of aldehydes is 1. The first-order valence-electron chi connectivity index (χ1n) is 12.8. The van der Waals surface area contributed by atoms with Crippen LogP contribution in [0.5, 0.6) is 5.75 Å². The number of benzene rings is 2. The Bertz CT molecular complexity index is 1110. The van der Waals surface area contributed by atoms with Crippen LogP contribution in [-0.4, -0.2) is 79.7 Å². The molecule has 2 aromatic carbocycles. The Balaban J connectivity index is 1.27. The maximum Gasteiger partial charge on any atom is 0.243 e. The molecule has 37 heavy (non-hydrogen) atoms. The van der Waals surface area contributed by atoms with Crippen molar-refractivity contribution in [3.8, 4) is 5.75 Å². The summed E-state index contributed by atoms with van der Waals surface area (Å²) in [4.78, 5) is 54.2. The standard InChI is InChI=1S/C28H34N4O5/c1-30(24-12-13-26(34)29-28(24)36)19-23-21(20-33)7-5-10-25(23)37-18-6-11-27(35)32-16-14-31(15-17-32)22-8-3-2-4-9-22/h2-5,7-10,20,24H,6,11-19H2,1H3,(H,29,34,36). The van der Waals surface area contributed by atoms with Crippen LogP contribution >= 0.6 is 0 Å². The van der Waals surface area contributed by atoms with Crippen LogP contribution in [0.25, 0.3) is 0 Å². The zero-order valence-electron chi connectivity index (χ0n) is 21.2. The molecule has 0 spiro atoms. The topological polar surface area (TPSA) is 99.3 Å². The van der Waals surface area contributed by atoms with Gasteiger partial charge in [0.1, 0.15) is 5.75 Å². The Labute approximate surface area is 217 Å². The first kappa shape index (κ1) is 26.3. The lowest BCUT2D eigenvalue weighted by Gasteiger charge is -2.36. The number of nitrogens with one attached hydrogen (secondary N) is 1. The zero-order valence-corrected chi connectivity index (χ0v) is 21.2. The summed E-state index contributed by atoms with van der Waals surface area (Å²) in [6.07, 6.45) is 2.45. The van der Waals surface area contributed by atoms with Gasteiger partial charge in [0.2, 0.25) is 17.7 Å². The Hall–Kier alpha value is -3.72. The first-order valence-corrected chi connectivity index (χ1v) is 12.8. The van der Waals surface area contributed by atoms with Crippen LogP contribution < -0.4 is 15.0 Å². The number of amides is 3. The van der Waals surface area contributed by atoms with Gasteiger partial charge in [0.25, 0.3) is 0 Å². The van der Waals surface area contributed by atoms with Crippen LogP contribution in [0.2, 0.25) is 0 Å². The molecule has 3 amide bonds. The molecule has 4 rings (SSSR count). The Kier molecular flexibility index (Phi) is 8.90. The number of carbonyl (C=O) groups is 4. The summed E-state index contributed by atoms with van der Waals surface area (Å²) in [7, 11) is 1.79. The van der Waals surface area contributed by atoms with Crippen molar-refractivity contribution >= 4 is 29.7 Å². The molecule has 2 saturated heterocycles. The quantitative estimate of drug-likeness (QED) is 0.300. The number of anilines is 1. The predicted octanol–water partition coefficient (Wildman–Crippen LogP) is 2.24. The van der Waals surface area contributed by atoms with Crippen LogP contribution in [-0.2, 0) is 20.9 Å². The molecule has 9 heteroatoms. The van der Waals surface area contributed by atoms with Crippen molar-refractivity contribution in [3.63, 3.8) is 0 Å². The highest BCUT2D eigenvalue weighted by Gasteiger charge is 2.30. The van der Waals surface area contributed by atoms with Gasteiger partial charge in [0.05, 0.1) is 12.6 Å². The number of piperazine rings is 1. The maximum atomic E-state index is 12.7. The number of rotatable bonds is 10. The molecule has 1 atom stereocenters. The highest BCUT2D eigenvalue weighted by molar-refractivity contribution is 6.00. The number of hydrogen-bond donors (Lipinski definition) is 1. The molecule has 9 nitrogen and oxygen atoms in total. The third-order valence-corrected chi connectivity index (χ3v) is 6.99. The fourth-order valence-corrected chi connectivity index (χ4v) is 4.88. The van der Waals surface area contributed by atoms with E-state index in [0.717, 1.165) is 19.4 Å². The van der Waals surface area contributed by atoms with Gasteiger partial charge in [-0.15, -0.1) is 0 Å². The second-order valence-corrected chi connectivity index (χ2v) is 9.48. The van der Waals surface area contributed by atoms with Crippen molar-refractivity contribution in [2.24, 2.45) is 0 Å². The lowest BCUT2D eigenvalue weighted by atomic mass is 10.0. The number of ether oxygens (including phenoxy) is 1. The minimum absolute atomic E-state index is 0.121. The first-order chi connectivity index (χ1) is 18.0. The molecule has 0 aromatic heterocycles. The summed E-state index contributed by atoms with van der Waals surface area (Å²) >= 11 is 0. The van der Waals surface area contributed by atoms with Gasteiger partial charge in [-0.25, -0.2) is 0 Å². The van der Waals surface area contributed by atoms with Crippen molar-refractivity contribution in [1.29, 1.82) is 0 Å². The number of para-hydroxylation sites is 1. The number of imide groups is 1. The van der Waals surface area contributed by atoms with Crippen molar-refractivity contribution in [1.82, 2.24) is 15.1 Å². The van der Waals surface area contributed by atoms with Gasteiger partial charge in [0, 0.05) is 62.4 Å². The fraction of sp³-hybridized carbons (Fsp3) is 0.429.